The first-order valence-electron chi connectivity index (χ1n) is 4.87. The van der Waals surface area contributed by atoms with Gasteiger partial charge >= 0.3 is 0 Å². The summed E-state index contributed by atoms with van der Waals surface area (Å²) in [6.07, 6.45) is 3.52. The number of nitrogens with zero attached hydrogens (tertiary/aromatic N) is 1. The Kier molecular flexibility index (Phi) is 2.68. The van der Waals surface area contributed by atoms with Crippen molar-refractivity contribution in [3.05, 3.63) is 48.3 Å². The lowest BCUT2D eigenvalue weighted by atomic mass is 10.0. The largest absolute Gasteiger partial charge is 0.494 e. The van der Waals surface area contributed by atoms with Crippen LogP contribution < -0.4 is 4.74 Å². The van der Waals surface area contributed by atoms with Gasteiger partial charge < -0.3 is 4.74 Å². The topological polar surface area (TPSA) is 22.1 Å². The number of hydrogen-bond donors (Lipinski definition) is 0. The first kappa shape index (κ1) is 9.71. The minimum absolute atomic E-state index is 0.812. The molecule has 0 saturated heterocycles. The highest BCUT2D eigenvalue weighted by molar-refractivity contribution is 5.72. The standard InChI is InChI=1S/C13H13NO/c1-10-5-3-4-6-11(10)12-7-8-14-9-13(12)15-2/h3-9H,1-2H3. The number of pyridine rings is 1. The minimum atomic E-state index is 0.812. The van der Waals surface area contributed by atoms with Crippen LogP contribution in [0, 0.1) is 6.92 Å². The first-order chi connectivity index (χ1) is 7.33. The molecule has 15 heavy (non-hydrogen) atoms. The third-order valence-corrected chi connectivity index (χ3v) is 2.44. The van der Waals surface area contributed by atoms with Crippen molar-refractivity contribution in [1.29, 1.82) is 0 Å². The second-order valence-electron chi connectivity index (χ2n) is 3.39. The van der Waals surface area contributed by atoms with Gasteiger partial charge in [-0.05, 0) is 24.1 Å². The Morgan fingerprint density at radius 1 is 1.07 bits per heavy atom. The van der Waals surface area contributed by atoms with Crippen molar-refractivity contribution in [1.82, 2.24) is 4.98 Å². The summed E-state index contributed by atoms with van der Waals surface area (Å²) in [4.78, 5) is 4.05. The Hall–Kier alpha value is -1.83. The molecule has 76 valence electrons. The van der Waals surface area contributed by atoms with Gasteiger partial charge in [0.25, 0.3) is 0 Å². The molecule has 0 aliphatic carbocycles. The lowest BCUT2D eigenvalue weighted by molar-refractivity contribution is 0.414. The Bertz CT molecular complexity index is 466. The van der Waals surface area contributed by atoms with E-state index in [2.05, 4.69) is 24.0 Å². The zero-order valence-electron chi connectivity index (χ0n) is 8.90. The molecule has 1 heterocycles. The van der Waals surface area contributed by atoms with Gasteiger partial charge in [-0.2, -0.15) is 0 Å². The Morgan fingerprint density at radius 3 is 2.60 bits per heavy atom. The zero-order valence-corrected chi connectivity index (χ0v) is 8.90. The van der Waals surface area contributed by atoms with E-state index in [0.717, 1.165) is 11.3 Å². The molecule has 0 bridgehead atoms. The SMILES string of the molecule is COc1cnccc1-c1ccccc1C. The quantitative estimate of drug-likeness (QED) is 0.741. The molecule has 0 N–H and O–H groups in total. The van der Waals surface area contributed by atoms with Crippen molar-refractivity contribution in [2.75, 3.05) is 7.11 Å². The van der Waals surface area contributed by atoms with Crippen LogP contribution in [0.1, 0.15) is 5.56 Å². The van der Waals surface area contributed by atoms with Gasteiger partial charge in [0.05, 0.1) is 13.3 Å². The summed E-state index contributed by atoms with van der Waals surface area (Å²) in [6, 6.07) is 10.2. The van der Waals surface area contributed by atoms with Crippen LogP contribution in [0.2, 0.25) is 0 Å². The summed E-state index contributed by atoms with van der Waals surface area (Å²) in [5.41, 5.74) is 3.52. The molecule has 1 aromatic heterocycles. The predicted octanol–water partition coefficient (Wildman–Crippen LogP) is 3.07. The molecule has 0 amide bonds. The summed E-state index contributed by atoms with van der Waals surface area (Å²) < 4.78 is 5.29. The number of aromatic nitrogens is 1. The maximum absolute atomic E-state index is 5.29. The molecule has 2 nitrogen and oxygen atoms in total. The van der Waals surface area contributed by atoms with Crippen LogP contribution in [-0.2, 0) is 0 Å². The Morgan fingerprint density at radius 2 is 1.87 bits per heavy atom. The molecule has 0 aliphatic heterocycles. The van der Waals surface area contributed by atoms with Gasteiger partial charge in [0.1, 0.15) is 5.75 Å². The van der Waals surface area contributed by atoms with Crippen molar-refractivity contribution >= 4 is 0 Å². The van der Waals surface area contributed by atoms with E-state index in [0.29, 0.717) is 0 Å². The second-order valence-corrected chi connectivity index (χ2v) is 3.39. The molecule has 2 rings (SSSR count). The highest BCUT2D eigenvalue weighted by atomic mass is 16.5. The van der Waals surface area contributed by atoms with Crippen LogP contribution in [0.15, 0.2) is 42.7 Å². The molecule has 0 radical (unpaired) electrons. The van der Waals surface area contributed by atoms with Crippen molar-refractivity contribution in [3.8, 4) is 16.9 Å². The van der Waals surface area contributed by atoms with Crippen LogP contribution in [0.5, 0.6) is 5.75 Å². The third-order valence-electron chi connectivity index (χ3n) is 2.44. The van der Waals surface area contributed by atoms with E-state index in [-0.39, 0.29) is 0 Å². The second kappa shape index (κ2) is 4.13. The van der Waals surface area contributed by atoms with Gasteiger partial charge in [-0.25, -0.2) is 0 Å². The molecule has 0 atom stereocenters. The molecule has 0 unspecified atom stereocenters. The number of rotatable bonds is 2. The molecule has 1 aromatic carbocycles. The van der Waals surface area contributed by atoms with Crippen LogP contribution in [0.25, 0.3) is 11.1 Å². The molecule has 2 heteroatoms. The Balaban J connectivity index is 2.59. The summed E-state index contributed by atoms with van der Waals surface area (Å²) in [5, 5.41) is 0. The highest BCUT2D eigenvalue weighted by Crippen LogP contribution is 2.30. The van der Waals surface area contributed by atoms with Gasteiger partial charge in [0, 0.05) is 11.8 Å². The molecule has 2 aromatic rings. The van der Waals surface area contributed by atoms with E-state index >= 15 is 0 Å². The van der Waals surface area contributed by atoms with E-state index in [1.165, 1.54) is 11.1 Å². The molecule has 0 aliphatic rings. The Labute approximate surface area is 89.6 Å². The smallest absolute Gasteiger partial charge is 0.144 e. The number of hydrogen-bond acceptors (Lipinski definition) is 2. The van der Waals surface area contributed by atoms with Crippen molar-refractivity contribution < 1.29 is 4.74 Å². The molecule has 0 spiro atoms. The van der Waals surface area contributed by atoms with Crippen LogP contribution in [-0.4, -0.2) is 12.1 Å². The van der Waals surface area contributed by atoms with Crippen LogP contribution in [0.3, 0.4) is 0 Å². The van der Waals surface area contributed by atoms with E-state index in [4.69, 9.17) is 4.74 Å². The lowest BCUT2D eigenvalue weighted by Gasteiger charge is -2.09. The van der Waals surface area contributed by atoms with Crippen LogP contribution >= 0.6 is 0 Å². The van der Waals surface area contributed by atoms with Crippen LogP contribution in [0.4, 0.5) is 0 Å². The fraction of sp³-hybridized carbons (Fsp3) is 0.154. The maximum Gasteiger partial charge on any atom is 0.144 e. The molecule has 0 fully saturated rings. The summed E-state index contributed by atoms with van der Waals surface area (Å²) in [6.45, 7) is 2.09. The van der Waals surface area contributed by atoms with Gasteiger partial charge in [-0.3, -0.25) is 4.98 Å². The van der Waals surface area contributed by atoms with Gasteiger partial charge in [0.2, 0.25) is 0 Å². The fourth-order valence-electron chi connectivity index (χ4n) is 1.64. The van der Waals surface area contributed by atoms with E-state index in [1.54, 1.807) is 19.5 Å². The average Bonchev–Trinajstić information content (AvgIpc) is 2.30. The van der Waals surface area contributed by atoms with Gasteiger partial charge in [-0.1, -0.05) is 24.3 Å². The zero-order chi connectivity index (χ0) is 10.7. The maximum atomic E-state index is 5.29. The van der Waals surface area contributed by atoms with Crippen molar-refractivity contribution in [2.45, 2.75) is 6.92 Å². The minimum Gasteiger partial charge on any atom is -0.494 e. The number of aryl methyl sites for hydroxylation is 1. The number of benzene rings is 1. The molecule has 0 saturated carbocycles. The summed E-state index contributed by atoms with van der Waals surface area (Å²) >= 11 is 0. The molecular weight excluding hydrogens is 186 g/mol. The molecular formula is C13H13NO. The monoisotopic (exact) mass is 199 g/mol. The van der Waals surface area contributed by atoms with E-state index < -0.39 is 0 Å². The average molecular weight is 199 g/mol. The van der Waals surface area contributed by atoms with Gasteiger partial charge in [-0.15, -0.1) is 0 Å². The van der Waals surface area contributed by atoms with E-state index in [9.17, 15) is 0 Å². The normalized spacial score (nSPS) is 10.0. The number of ether oxygens (including phenoxy) is 1. The third kappa shape index (κ3) is 1.84. The fourth-order valence-corrected chi connectivity index (χ4v) is 1.64. The first-order valence-corrected chi connectivity index (χ1v) is 4.87. The van der Waals surface area contributed by atoms with E-state index in [1.807, 2.05) is 18.2 Å². The highest BCUT2D eigenvalue weighted by Gasteiger charge is 2.06. The number of methoxy groups -OCH3 is 1. The summed E-state index contributed by atoms with van der Waals surface area (Å²) in [5.74, 6) is 0.812. The van der Waals surface area contributed by atoms with Gasteiger partial charge in [0.15, 0.2) is 0 Å². The van der Waals surface area contributed by atoms with Crippen molar-refractivity contribution in [2.24, 2.45) is 0 Å². The lowest BCUT2D eigenvalue weighted by Crippen LogP contribution is -1.90. The summed E-state index contributed by atoms with van der Waals surface area (Å²) in [7, 11) is 1.67. The van der Waals surface area contributed by atoms with Crippen molar-refractivity contribution in [3.63, 3.8) is 0 Å². The predicted molar refractivity (Wildman–Crippen MR) is 61.0 cm³/mol.